The molecule has 3 aromatic rings. The molecule has 46 heavy (non-hydrogen) atoms. The highest BCUT2D eigenvalue weighted by atomic mass is 32.2. The Balaban J connectivity index is 1.44. The molecule has 1 aliphatic carbocycles. The number of methoxy groups -OCH3 is 2. The van der Waals surface area contributed by atoms with Crippen LogP contribution in [-0.4, -0.2) is 64.8 Å². The molecule has 1 fully saturated rings. The van der Waals surface area contributed by atoms with Crippen LogP contribution >= 0.6 is 0 Å². The van der Waals surface area contributed by atoms with Gasteiger partial charge in [0.1, 0.15) is 23.8 Å². The van der Waals surface area contributed by atoms with Crippen molar-refractivity contribution in [2.45, 2.75) is 43.0 Å². The maximum Gasteiger partial charge on any atom is 0.289 e. The highest BCUT2D eigenvalue weighted by Crippen LogP contribution is 2.37. The lowest BCUT2D eigenvalue weighted by Gasteiger charge is -2.25. The number of anilines is 1. The van der Waals surface area contributed by atoms with Crippen LogP contribution in [0.5, 0.6) is 17.2 Å². The summed E-state index contributed by atoms with van der Waals surface area (Å²) in [7, 11) is -1.94. The van der Waals surface area contributed by atoms with Crippen LogP contribution in [0.1, 0.15) is 37.7 Å². The van der Waals surface area contributed by atoms with Crippen LogP contribution in [0, 0.1) is 10.1 Å². The number of ether oxygens (including phenoxy) is 3. The van der Waals surface area contributed by atoms with Gasteiger partial charge in [0.15, 0.2) is 11.5 Å². The van der Waals surface area contributed by atoms with Gasteiger partial charge in [-0.15, -0.1) is 0 Å². The van der Waals surface area contributed by atoms with Gasteiger partial charge in [-0.25, -0.2) is 13.8 Å². The summed E-state index contributed by atoms with van der Waals surface area (Å²) in [5.41, 5.74) is 2.16. The fourth-order valence-corrected chi connectivity index (χ4v) is 6.49. The van der Waals surface area contributed by atoms with Crippen LogP contribution in [0.4, 0.5) is 11.4 Å². The third-order valence-electron chi connectivity index (χ3n) is 7.20. The first-order chi connectivity index (χ1) is 22.1. The van der Waals surface area contributed by atoms with Gasteiger partial charge in [0.2, 0.25) is 0 Å². The predicted molar refractivity (Wildman–Crippen MR) is 170 cm³/mol. The first kappa shape index (κ1) is 33.7. The lowest BCUT2D eigenvalue weighted by atomic mass is 9.95. The van der Waals surface area contributed by atoms with E-state index in [4.69, 9.17) is 14.2 Å². The number of nitro groups is 1. The normalized spacial score (nSPS) is 13.5. The maximum atomic E-state index is 13.8. The molecule has 0 aromatic heterocycles. The molecule has 1 saturated carbocycles. The molecule has 2 N–H and O–H groups in total. The molecule has 0 atom stereocenters. The van der Waals surface area contributed by atoms with Crippen molar-refractivity contribution < 1.29 is 37.1 Å². The smallest absolute Gasteiger partial charge is 0.289 e. The zero-order valence-electron chi connectivity index (χ0n) is 25.4. The number of hydrogen-bond donors (Lipinski definition) is 2. The summed E-state index contributed by atoms with van der Waals surface area (Å²) < 4.78 is 44.5. The highest BCUT2D eigenvalue weighted by molar-refractivity contribution is 7.93. The predicted octanol–water partition coefficient (Wildman–Crippen LogP) is 3.79. The lowest BCUT2D eigenvalue weighted by Crippen LogP contribution is -2.40. The molecular weight excluding hydrogens is 618 g/mol. The van der Waals surface area contributed by atoms with E-state index < -0.39 is 38.0 Å². The summed E-state index contributed by atoms with van der Waals surface area (Å²) in [6.45, 7) is -0.894. The fraction of sp³-hybridized carbons (Fsp3) is 0.323. The average molecular weight is 654 g/mol. The van der Waals surface area contributed by atoms with E-state index in [9.17, 15) is 28.1 Å². The molecule has 0 spiro atoms. The summed E-state index contributed by atoms with van der Waals surface area (Å²) in [6.07, 6.45) is 6.73. The minimum atomic E-state index is -4.66. The van der Waals surface area contributed by atoms with Crippen molar-refractivity contribution in [2.24, 2.45) is 5.10 Å². The van der Waals surface area contributed by atoms with Crippen LogP contribution in [0.25, 0.3) is 0 Å². The highest BCUT2D eigenvalue weighted by Gasteiger charge is 2.34. The van der Waals surface area contributed by atoms with Crippen LogP contribution < -0.4 is 29.3 Å². The molecule has 2 amide bonds. The number of nitrogens with one attached hydrogen (secondary N) is 2. The molecule has 4 rings (SSSR count). The van der Waals surface area contributed by atoms with E-state index >= 15 is 0 Å². The Hall–Kier alpha value is -5.18. The standard InChI is InChI=1S/C31H35N5O9S/c1-43-25-16-17-26(28(18-25)44-2)35(46(41,42)29-11-7-6-10-27(29)36(39)40)20-30(37)34-32-19-22-12-14-24(15-13-22)45-21-31(38)33-23-8-4-3-5-9-23/h6-7,10-19,23H,3-5,8-9,20-21H2,1-2H3,(H,33,38)(H,34,37)/b32-19-. The van der Waals surface area contributed by atoms with E-state index in [0.29, 0.717) is 21.4 Å². The van der Waals surface area contributed by atoms with E-state index in [1.807, 2.05) is 0 Å². The number of carbonyl (C=O) groups is 2. The summed E-state index contributed by atoms with van der Waals surface area (Å²) in [6, 6.07) is 15.9. The molecule has 244 valence electrons. The first-order valence-corrected chi connectivity index (χ1v) is 15.9. The van der Waals surface area contributed by atoms with Crippen LogP contribution in [-0.2, 0) is 19.6 Å². The van der Waals surface area contributed by atoms with Crippen molar-refractivity contribution in [3.05, 3.63) is 82.4 Å². The number of sulfonamides is 1. The number of carbonyl (C=O) groups excluding carboxylic acids is 2. The molecule has 0 radical (unpaired) electrons. The van der Waals surface area contributed by atoms with Gasteiger partial charge in [-0.3, -0.25) is 24.0 Å². The second-order valence-electron chi connectivity index (χ2n) is 10.3. The quantitative estimate of drug-likeness (QED) is 0.149. The molecule has 3 aromatic carbocycles. The molecular formula is C31H35N5O9S. The molecule has 14 nitrogen and oxygen atoms in total. The SMILES string of the molecule is COc1ccc(N(CC(=O)N/N=C\c2ccc(OCC(=O)NC3CCCCC3)cc2)S(=O)(=O)c2ccccc2[N+](=O)[O-])c(OC)c1. The number of hydrogen-bond acceptors (Lipinski definition) is 10. The van der Waals surface area contributed by atoms with Crippen LogP contribution in [0.3, 0.4) is 0 Å². The van der Waals surface area contributed by atoms with Gasteiger partial charge in [0.25, 0.3) is 27.5 Å². The van der Waals surface area contributed by atoms with E-state index in [0.717, 1.165) is 37.8 Å². The van der Waals surface area contributed by atoms with E-state index in [1.165, 1.54) is 57.2 Å². The van der Waals surface area contributed by atoms with Gasteiger partial charge in [0.05, 0.1) is 31.0 Å². The number of amides is 2. The molecule has 0 aliphatic heterocycles. The average Bonchev–Trinajstić information content (AvgIpc) is 3.07. The van der Waals surface area contributed by atoms with Gasteiger partial charge >= 0.3 is 0 Å². The fourth-order valence-electron chi connectivity index (χ4n) is 4.90. The Morgan fingerprint density at radius 1 is 0.978 bits per heavy atom. The van der Waals surface area contributed by atoms with Crippen molar-refractivity contribution in [3.63, 3.8) is 0 Å². The Labute approximate surface area is 266 Å². The van der Waals surface area contributed by atoms with E-state index in [-0.39, 0.29) is 30.0 Å². The first-order valence-electron chi connectivity index (χ1n) is 14.4. The van der Waals surface area contributed by atoms with Crippen molar-refractivity contribution in [2.75, 3.05) is 31.7 Å². The second-order valence-corrected chi connectivity index (χ2v) is 12.2. The maximum absolute atomic E-state index is 13.8. The van der Waals surface area contributed by atoms with Gasteiger partial charge < -0.3 is 19.5 Å². The number of hydrazone groups is 1. The second kappa shape index (κ2) is 15.7. The molecule has 1 aliphatic rings. The molecule has 15 heteroatoms. The van der Waals surface area contributed by atoms with Crippen molar-refractivity contribution in [1.82, 2.24) is 10.7 Å². The topological polar surface area (TPSA) is 179 Å². The van der Waals surface area contributed by atoms with Crippen LogP contribution in [0.2, 0.25) is 0 Å². The number of nitrogens with zero attached hydrogens (tertiary/aromatic N) is 3. The van der Waals surface area contributed by atoms with Gasteiger partial charge in [-0.1, -0.05) is 31.4 Å². The minimum absolute atomic E-state index is 0.0478. The number of nitro benzene ring substituents is 1. The van der Waals surface area contributed by atoms with Crippen molar-refractivity contribution in [1.29, 1.82) is 0 Å². The molecule has 0 saturated heterocycles. The van der Waals surface area contributed by atoms with E-state index in [1.54, 1.807) is 24.3 Å². The zero-order chi connectivity index (χ0) is 33.1. The summed E-state index contributed by atoms with van der Waals surface area (Å²) in [5, 5.41) is 18.6. The Morgan fingerprint density at radius 3 is 2.35 bits per heavy atom. The summed E-state index contributed by atoms with van der Waals surface area (Å²) in [4.78, 5) is 35.4. The van der Waals surface area contributed by atoms with Gasteiger partial charge in [-0.05, 0) is 60.9 Å². The molecule has 0 heterocycles. The number of benzene rings is 3. The molecule has 0 unspecified atom stereocenters. The van der Waals surface area contributed by atoms with Gasteiger partial charge in [0, 0.05) is 18.2 Å². The molecule has 0 bridgehead atoms. The zero-order valence-corrected chi connectivity index (χ0v) is 26.2. The summed E-state index contributed by atoms with van der Waals surface area (Å²) in [5.74, 6) is -0.127. The third-order valence-corrected chi connectivity index (χ3v) is 9.00. The largest absolute Gasteiger partial charge is 0.497 e. The van der Waals surface area contributed by atoms with E-state index in [2.05, 4.69) is 15.8 Å². The Morgan fingerprint density at radius 2 is 1.67 bits per heavy atom. The Bertz CT molecular complexity index is 1670. The summed E-state index contributed by atoms with van der Waals surface area (Å²) >= 11 is 0. The monoisotopic (exact) mass is 653 g/mol. The lowest BCUT2D eigenvalue weighted by molar-refractivity contribution is -0.387. The number of rotatable bonds is 14. The van der Waals surface area contributed by atoms with Crippen molar-refractivity contribution >= 4 is 39.4 Å². The van der Waals surface area contributed by atoms with Gasteiger partial charge in [-0.2, -0.15) is 5.10 Å². The minimum Gasteiger partial charge on any atom is -0.497 e. The third kappa shape index (κ3) is 8.72. The van der Waals surface area contributed by atoms with Crippen molar-refractivity contribution in [3.8, 4) is 17.2 Å². The Kier molecular flexibility index (Phi) is 11.5. The van der Waals surface area contributed by atoms with Crippen LogP contribution in [0.15, 0.2) is 76.7 Å². The number of para-hydroxylation sites is 1.